The van der Waals surface area contributed by atoms with E-state index < -0.39 is 0 Å². The summed E-state index contributed by atoms with van der Waals surface area (Å²) in [6, 6.07) is 2.38. The molecule has 3 nitrogen and oxygen atoms in total. The minimum absolute atomic E-state index is 0.0574. The monoisotopic (exact) mass is 385 g/mol. The van der Waals surface area contributed by atoms with Gasteiger partial charge >= 0.3 is 0 Å². The molecule has 0 bridgehead atoms. The lowest BCUT2D eigenvalue weighted by Gasteiger charge is -2.10. The van der Waals surface area contributed by atoms with Gasteiger partial charge in [-0.3, -0.25) is 4.68 Å². The number of thioether (sulfide) groups is 1. The summed E-state index contributed by atoms with van der Waals surface area (Å²) in [6.45, 7) is 2.13. The van der Waals surface area contributed by atoms with Gasteiger partial charge in [-0.2, -0.15) is 16.9 Å². The van der Waals surface area contributed by atoms with Gasteiger partial charge in [-0.05, 0) is 46.2 Å². The summed E-state index contributed by atoms with van der Waals surface area (Å²) in [6.07, 6.45) is 2.97. The van der Waals surface area contributed by atoms with Crippen molar-refractivity contribution in [2.45, 2.75) is 38.0 Å². The molecule has 2 aromatic rings. The van der Waals surface area contributed by atoms with Gasteiger partial charge in [-0.25, -0.2) is 0 Å². The second kappa shape index (κ2) is 6.44. The minimum atomic E-state index is 0.0574. The Balaban J connectivity index is 1.81. The third kappa shape index (κ3) is 3.09. The van der Waals surface area contributed by atoms with Gasteiger partial charge < -0.3 is 5.73 Å². The van der Waals surface area contributed by atoms with Crippen LogP contribution >= 0.6 is 39.0 Å². The van der Waals surface area contributed by atoms with Crippen molar-refractivity contribution in [2.24, 2.45) is 12.8 Å². The highest BCUT2D eigenvalue weighted by Crippen LogP contribution is 2.35. The Morgan fingerprint density at radius 2 is 2.33 bits per heavy atom. The van der Waals surface area contributed by atoms with E-state index in [1.807, 2.05) is 34.8 Å². The Labute approximate surface area is 142 Å². The minimum Gasteiger partial charge on any atom is -0.323 e. The summed E-state index contributed by atoms with van der Waals surface area (Å²) < 4.78 is 3.09. The third-order valence-electron chi connectivity index (χ3n) is 3.93. The number of hydrogen-bond acceptors (Lipinski definition) is 4. The SMILES string of the molecule is CCc1nn(C)c(CC(N)c2cc3c(s2)CCSC3)c1Br. The van der Waals surface area contributed by atoms with Crippen LogP contribution in [-0.4, -0.2) is 15.5 Å². The van der Waals surface area contributed by atoms with Crippen molar-refractivity contribution < 1.29 is 0 Å². The van der Waals surface area contributed by atoms with E-state index in [2.05, 4.69) is 34.0 Å². The van der Waals surface area contributed by atoms with Crippen molar-refractivity contribution in [1.82, 2.24) is 9.78 Å². The van der Waals surface area contributed by atoms with Gasteiger partial charge in [0.25, 0.3) is 0 Å². The molecule has 6 heteroatoms. The molecule has 1 aliphatic rings. The summed E-state index contributed by atoms with van der Waals surface area (Å²) in [5.74, 6) is 2.39. The Bertz CT molecular complexity index is 624. The van der Waals surface area contributed by atoms with E-state index in [0.29, 0.717) is 0 Å². The summed E-state index contributed by atoms with van der Waals surface area (Å²) in [5.41, 5.74) is 10.3. The summed E-state index contributed by atoms with van der Waals surface area (Å²) in [5, 5.41) is 4.55. The summed E-state index contributed by atoms with van der Waals surface area (Å²) in [7, 11) is 2.00. The maximum Gasteiger partial charge on any atom is 0.0766 e. The number of fused-ring (bicyclic) bond motifs is 1. The van der Waals surface area contributed by atoms with E-state index >= 15 is 0 Å². The molecule has 3 heterocycles. The topological polar surface area (TPSA) is 43.8 Å². The highest BCUT2D eigenvalue weighted by Gasteiger charge is 2.20. The lowest BCUT2D eigenvalue weighted by atomic mass is 10.1. The second-order valence-corrected chi connectivity index (χ2v) is 8.46. The number of aromatic nitrogens is 2. The van der Waals surface area contributed by atoms with Crippen LogP contribution in [0.2, 0.25) is 0 Å². The first-order chi connectivity index (χ1) is 10.1. The predicted octanol–water partition coefficient (Wildman–Crippen LogP) is 3.84. The molecule has 1 atom stereocenters. The molecule has 0 aromatic carbocycles. The average molecular weight is 386 g/mol. The maximum atomic E-state index is 6.47. The predicted molar refractivity (Wildman–Crippen MR) is 95.1 cm³/mol. The standard InChI is InChI=1S/C15H20BrN3S2/c1-3-11-15(16)12(19(2)18-11)7-10(17)14-6-9-8-20-5-4-13(9)21-14/h6,10H,3-5,7-8,17H2,1-2H3. The third-order valence-corrected chi connectivity index (χ3v) is 7.22. The van der Waals surface area contributed by atoms with Crippen LogP contribution in [0.25, 0.3) is 0 Å². The van der Waals surface area contributed by atoms with E-state index in [4.69, 9.17) is 5.73 Å². The van der Waals surface area contributed by atoms with Crippen molar-refractivity contribution in [3.8, 4) is 0 Å². The molecular formula is C15H20BrN3S2. The molecule has 0 saturated heterocycles. The Hall–Kier alpha value is -0.300. The highest BCUT2D eigenvalue weighted by molar-refractivity contribution is 9.10. The highest BCUT2D eigenvalue weighted by atomic mass is 79.9. The van der Waals surface area contributed by atoms with E-state index in [1.165, 1.54) is 33.2 Å². The first-order valence-corrected chi connectivity index (χ1v) is 10.0. The van der Waals surface area contributed by atoms with Crippen LogP contribution in [0.4, 0.5) is 0 Å². The zero-order chi connectivity index (χ0) is 15.0. The van der Waals surface area contributed by atoms with E-state index in [-0.39, 0.29) is 6.04 Å². The van der Waals surface area contributed by atoms with E-state index in [9.17, 15) is 0 Å². The fourth-order valence-corrected chi connectivity index (χ4v) is 5.86. The van der Waals surface area contributed by atoms with Crippen molar-refractivity contribution in [1.29, 1.82) is 0 Å². The van der Waals surface area contributed by atoms with Crippen molar-refractivity contribution in [3.63, 3.8) is 0 Å². The Morgan fingerprint density at radius 1 is 1.52 bits per heavy atom. The smallest absolute Gasteiger partial charge is 0.0766 e. The molecule has 0 spiro atoms. The van der Waals surface area contributed by atoms with Crippen molar-refractivity contribution in [2.75, 3.05) is 5.75 Å². The molecule has 0 aliphatic carbocycles. The van der Waals surface area contributed by atoms with Crippen LogP contribution < -0.4 is 5.73 Å². The Morgan fingerprint density at radius 3 is 3.00 bits per heavy atom. The van der Waals surface area contributed by atoms with Gasteiger partial charge in [0.15, 0.2) is 0 Å². The fraction of sp³-hybridized carbons (Fsp3) is 0.533. The number of aryl methyl sites for hydroxylation is 3. The van der Waals surface area contributed by atoms with Crippen LogP contribution in [0, 0.1) is 0 Å². The number of rotatable bonds is 4. The van der Waals surface area contributed by atoms with Crippen LogP contribution in [0.3, 0.4) is 0 Å². The molecule has 1 aliphatic heterocycles. The first kappa shape index (κ1) is 15.6. The molecule has 0 saturated carbocycles. The lowest BCUT2D eigenvalue weighted by Crippen LogP contribution is -2.14. The van der Waals surface area contributed by atoms with E-state index in [1.54, 1.807) is 0 Å². The van der Waals surface area contributed by atoms with Crippen LogP contribution in [0.1, 0.15) is 39.7 Å². The molecule has 1 unspecified atom stereocenters. The number of halogens is 1. The molecule has 2 aromatic heterocycles. The largest absolute Gasteiger partial charge is 0.323 e. The molecule has 2 N–H and O–H groups in total. The Kier molecular flexibility index (Phi) is 4.78. The summed E-state index contributed by atoms with van der Waals surface area (Å²) >= 11 is 7.61. The maximum absolute atomic E-state index is 6.47. The molecule has 3 rings (SSSR count). The second-order valence-electron chi connectivity index (χ2n) is 5.39. The normalized spacial score (nSPS) is 16.0. The zero-order valence-corrected chi connectivity index (χ0v) is 15.6. The number of nitrogens with two attached hydrogens (primary N) is 1. The molecular weight excluding hydrogens is 366 g/mol. The fourth-order valence-electron chi connectivity index (χ4n) is 2.70. The van der Waals surface area contributed by atoms with Gasteiger partial charge in [0, 0.05) is 35.0 Å². The number of hydrogen-bond donors (Lipinski definition) is 1. The molecule has 114 valence electrons. The average Bonchev–Trinajstić information content (AvgIpc) is 3.03. The van der Waals surface area contributed by atoms with Gasteiger partial charge in [0.05, 0.1) is 15.9 Å². The van der Waals surface area contributed by atoms with Gasteiger partial charge in [0.1, 0.15) is 0 Å². The lowest BCUT2D eigenvalue weighted by molar-refractivity contribution is 0.642. The number of nitrogens with zero attached hydrogens (tertiary/aromatic N) is 2. The van der Waals surface area contributed by atoms with Crippen molar-refractivity contribution in [3.05, 3.63) is 37.2 Å². The summed E-state index contributed by atoms with van der Waals surface area (Å²) in [4.78, 5) is 2.85. The van der Waals surface area contributed by atoms with Crippen LogP contribution in [-0.2, 0) is 32.1 Å². The van der Waals surface area contributed by atoms with E-state index in [0.717, 1.165) is 28.8 Å². The van der Waals surface area contributed by atoms with Crippen LogP contribution in [0.5, 0.6) is 0 Å². The molecule has 0 amide bonds. The molecule has 0 radical (unpaired) electrons. The zero-order valence-electron chi connectivity index (χ0n) is 12.4. The van der Waals surface area contributed by atoms with Gasteiger partial charge in [-0.1, -0.05) is 6.92 Å². The van der Waals surface area contributed by atoms with Crippen LogP contribution in [0.15, 0.2) is 10.5 Å². The number of thiophene rings is 1. The molecule has 0 fully saturated rings. The van der Waals surface area contributed by atoms with Gasteiger partial charge in [0.2, 0.25) is 0 Å². The first-order valence-electron chi connectivity index (χ1n) is 7.25. The van der Waals surface area contributed by atoms with Crippen molar-refractivity contribution >= 4 is 39.0 Å². The molecule has 21 heavy (non-hydrogen) atoms. The van der Waals surface area contributed by atoms with Gasteiger partial charge in [-0.15, -0.1) is 11.3 Å². The quantitative estimate of drug-likeness (QED) is 0.869.